The molecule has 226 valence electrons. The van der Waals surface area contributed by atoms with Crippen molar-refractivity contribution in [2.24, 2.45) is 0 Å². The summed E-state index contributed by atoms with van der Waals surface area (Å²) in [6.07, 6.45) is -7.69. The minimum absolute atomic E-state index is 0.0193. The van der Waals surface area contributed by atoms with Crippen molar-refractivity contribution in [3.8, 4) is 12.3 Å². The number of aliphatic hydroxyl groups excluding tert-OH is 2. The molecule has 0 saturated carbocycles. The van der Waals surface area contributed by atoms with Crippen LogP contribution in [0.2, 0.25) is 0 Å². The van der Waals surface area contributed by atoms with Gasteiger partial charge in [-0.25, -0.2) is 9.69 Å². The molecule has 1 aliphatic heterocycles. The molecule has 7 nitrogen and oxygen atoms in total. The first-order valence-electron chi connectivity index (χ1n) is 12.7. The van der Waals surface area contributed by atoms with Gasteiger partial charge in [-0.15, -0.1) is 6.42 Å². The number of hydrogen-bond acceptors (Lipinski definition) is 6. The number of halogens is 6. The fourth-order valence-corrected chi connectivity index (χ4v) is 4.95. The summed E-state index contributed by atoms with van der Waals surface area (Å²) in [5.41, 5.74) is -4.14. The Morgan fingerprint density at radius 1 is 1.07 bits per heavy atom. The fraction of sp³-hybridized carbons (Fsp3) is 0.667. The van der Waals surface area contributed by atoms with Crippen molar-refractivity contribution in [3.63, 3.8) is 0 Å². The van der Waals surface area contributed by atoms with E-state index in [-0.39, 0.29) is 30.9 Å². The minimum atomic E-state index is -5.05. The molecule has 1 amide bonds. The molecule has 0 aliphatic carbocycles. The predicted octanol–water partition coefficient (Wildman–Crippen LogP) is 5.38. The van der Waals surface area contributed by atoms with Crippen LogP contribution in [0.5, 0.6) is 0 Å². The van der Waals surface area contributed by atoms with E-state index < -0.39 is 72.4 Å². The molecule has 0 radical (unpaired) electrons. The Labute approximate surface area is 230 Å². The molecule has 0 bridgehead atoms. The van der Waals surface area contributed by atoms with E-state index in [0.717, 1.165) is 12.0 Å². The van der Waals surface area contributed by atoms with Crippen LogP contribution in [0.1, 0.15) is 70.1 Å². The van der Waals surface area contributed by atoms with Crippen molar-refractivity contribution in [2.75, 3.05) is 7.11 Å². The van der Waals surface area contributed by atoms with Crippen LogP contribution in [-0.4, -0.2) is 69.5 Å². The zero-order chi connectivity index (χ0) is 30.6. The molecule has 1 aliphatic rings. The molecule has 13 heteroatoms. The van der Waals surface area contributed by atoms with Gasteiger partial charge in [0.15, 0.2) is 0 Å². The largest absolute Gasteiger partial charge is 0.453 e. The van der Waals surface area contributed by atoms with Gasteiger partial charge in [0.05, 0.1) is 23.8 Å². The van der Waals surface area contributed by atoms with Gasteiger partial charge in [0.2, 0.25) is 6.41 Å². The number of piperidine rings is 1. The van der Waals surface area contributed by atoms with Gasteiger partial charge in [0.25, 0.3) is 0 Å². The molecule has 40 heavy (non-hydrogen) atoms. The van der Waals surface area contributed by atoms with Gasteiger partial charge in [-0.3, -0.25) is 0 Å². The first-order valence-corrected chi connectivity index (χ1v) is 12.7. The van der Waals surface area contributed by atoms with Crippen molar-refractivity contribution in [2.45, 2.75) is 109 Å². The van der Waals surface area contributed by atoms with Crippen molar-refractivity contribution in [1.82, 2.24) is 9.80 Å². The summed E-state index contributed by atoms with van der Waals surface area (Å²) in [7, 11) is 1.05. The van der Waals surface area contributed by atoms with E-state index in [9.17, 15) is 41.4 Å². The van der Waals surface area contributed by atoms with E-state index in [4.69, 9.17) is 15.9 Å². The minimum Gasteiger partial charge on any atom is -0.453 e. The molecular formula is C27H36F6N2O5. The zero-order valence-electron chi connectivity index (χ0n) is 23.0. The summed E-state index contributed by atoms with van der Waals surface area (Å²) in [5.74, 6) is 2.20. The Morgan fingerprint density at radius 3 is 2.02 bits per heavy atom. The summed E-state index contributed by atoms with van der Waals surface area (Å²) in [6.45, 7) is 6.41. The summed E-state index contributed by atoms with van der Waals surface area (Å²) in [6, 6.07) is -0.701. The van der Waals surface area contributed by atoms with Crippen LogP contribution < -0.4 is 0 Å². The molecule has 1 unspecified atom stereocenters. The number of alkyl halides is 6. The number of rotatable bonds is 8. The van der Waals surface area contributed by atoms with Gasteiger partial charge < -0.3 is 24.6 Å². The van der Waals surface area contributed by atoms with Crippen molar-refractivity contribution < 1.29 is 50.8 Å². The number of carbonyl (C=O) groups excluding carboxylic acids is 1. The molecular weight excluding hydrogens is 546 g/mol. The lowest BCUT2D eigenvalue weighted by atomic mass is 9.86. The lowest BCUT2D eigenvalue weighted by Gasteiger charge is -2.50. The number of amides is 1. The second-order valence-electron chi connectivity index (χ2n) is 10.8. The molecule has 1 saturated heterocycles. The Kier molecular flexibility index (Phi) is 10.9. The van der Waals surface area contributed by atoms with Crippen LogP contribution in [0.4, 0.5) is 31.1 Å². The highest BCUT2D eigenvalue weighted by Crippen LogP contribution is 2.38. The van der Waals surface area contributed by atoms with E-state index >= 15 is 0 Å². The fourth-order valence-electron chi connectivity index (χ4n) is 4.95. The lowest BCUT2D eigenvalue weighted by Crippen LogP contribution is -2.60. The first kappa shape index (κ1) is 33.7. The number of aliphatic hydroxyl groups is 2. The average Bonchev–Trinajstić information content (AvgIpc) is 2.83. The van der Waals surface area contributed by atoms with E-state index in [1.54, 1.807) is 25.7 Å². The van der Waals surface area contributed by atoms with Crippen molar-refractivity contribution >= 4 is 6.09 Å². The summed E-state index contributed by atoms with van der Waals surface area (Å²) in [5, 5.41) is 21.2. The summed E-state index contributed by atoms with van der Waals surface area (Å²) >= 11 is 0. The van der Waals surface area contributed by atoms with Gasteiger partial charge in [-0.05, 0) is 63.8 Å². The maximum atomic E-state index is 13.4. The monoisotopic (exact) mass is 582 g/mol. The summed E-state index contributed by atoms with van der Waals surface area (Å²) in [4.78, 5) is 15.6. The third kappa shape index (κ3) is 8.99. The predicted molar refractivity (Wildman–Crippen MR) is 133 cm³/mol. The van der Waals surface area contributed by atoms with Crippen LogP contribution in [0.25, 0.3) is 0 Å². The van der Waals surface area contributed by atoms with E-state index in [0.29, 0.717) is 18.6 Å². The molecule has 2 rings (SSSR count). The van der Waals surface area contributed by atoms with Crippen LogP contribution in [0, 0.1) is 12.3 Å². The number of nitrogens with zero attached hydrogens (tertiary/aromatic N) is 2. The highest BCUT2D eigenvalue weighted by atomic mass is 19.4. The maximum absolute atomic E-state index is 13.4. The van der Waals surface area contributed by atoms with Gasteiger partial charge in [0.1, 0.15) is 6.10 Å². The number of likely N-dealkylation sites (tertiary alicyclic amines) is 1. The molecule has 1 fully saturated rings. The van der Waals surface area contributed by atoms with E-state index in [2.05, 4.69) is 5.92 Å². The van der Waals surface area contributed by atoms with Crippen molar-refractivity contribution in [1.29, 1.82) is 0 Å². The topological polar surface area (TPSA) is 82.5 Å². The van der Waals surface area contributed by atoms with Gasteiger partial charge in [0, 0.05) is 31.1 Å². The zero-order valence-corrected chi connectivity index (χ0v) is 23.0. The standard InChI is InChI=1S/C27H36F6N2O5/c1-7-19-12-20(13-21(14-22(36)8-2)35(19)24(38)40-25(3,4)5)34(23(37)39-6)15-16-9-17(26(28,29)30)11-18(10-16)27(31,32)33/h2,9-11,19-22,24,36,38H,7,12-15H2,1,3-6H3/t19-,20+,21-,22+,24?/m1/s1. The molecule has 1 aromatic rings. The molecule has 1 heterocycles. The Hall–Kier alpha value is -2.53. The Bertz CT molecular complexity index is 1020. The van der Waals surface area contributed by atoms with Crippen LogP contribution >= 0.6 is 0 Å². The Morgan fingerprint density at radius 2 is 1.60 bits per heavy atom. The van der Waals surface area contributed by atoms with E-state index in [1.807, 2.05) is 6.92 Å². The second-order valence-corrected chi connectivity index (χ2v) is 10.8. The molecule has 1 aromatic carbocycles. The SMILES string of the molecule is C#C[C@H](O)C[C@H]1C[C@@H](N(Cc2cc(C(F)(F)F)cc(C(F)(F)F)c2)C(=O)OC)C[C@@H](CC)N1C(O)OC(C)(C)C. The number of benzene rings is 1. The first-order chi connectivity index (χ1) is 18.3. The van der Waals surface area contributed by atoms with Crippen molar-refractivity contribution in [3.05, 3.63) is 34.9 Å². The maximum Gasteiger partial charge on any atom is 0.416 e. The van der Waals surface area contributed by atoms with Crippen LogP contribution in [0.3, 0.4) is 0 Å². The molecule has 0 aromatic heterocycles. The number of terminal acetylenes is 1. The van der Waals surface area contributed by atoms with Crippen LogP contribution in [0.15, 0.2) is 18.2 Å². The van der Waals surface area contributed by atoms with Gasteiger partial charge >= 0.3 is 18.4 Å². The molecule has 5 atom stereocenters. The second kappa shape index (κ2) is 13.0. The lowest BCUT2D eigenvalue weighted by molar-refractivity contribution is -0.268. The number of methoxy groups -OCH3 is 1. The van der Waals surface area contributed by atoms with E-state index in [1.165, 1.54) is 0 Å². The van der Waals surface area contributed by atoms with Gasteiger partial charge in [-0.2, -0.15) is 26.3 Å². The normalized spacial score (nSPS) is 22.4. The summed E-state index contributed by atoms with van der Waals surface area (Å²) < 4.78 is 91.2. The molecule has 2 N–H and O–H groups in total. The third-order valence-electron chi connectivity index (χ3n) is 6.65. The average molecular weight is 583 g/mol. The highest BCUT2D eigenvalue weighted by molar-refractivity contribution is 5.68. The highest BCUT2D eigenvalue weighted by Gasteiger charge is 2.44. The third-order valence-corrected chi connectivity index (χ3v) is 6.65. The number of ether oxygens (including phenoxy) is 2. The Balaban J connectivity index is 2.52. The smallest absolute Gasteiger partial charge is 0.416 e. The quantitative estimate of drug-likeness (QED) is 0.244. The number of hydrogen-bond donors (Lipinski definition) is 2. The molecule has 0 spiro atoms. The van der Waals surface area contributed by atoms with Crippen LogP contribution in [-0.2, 0) is 28.4 Å². The number of carbonyl (C=O) groups is 1. The van der Waals surface area contributed by atoms with Gasteiger partial charge in [-0.1, -0.05) is 12.8 Å².